The molecule has 2 atom stereocenters. The summed E-state index contributed by atoms with van der Waals surface area (Å²) in [6.45, 7) is 17.9. The summed E-state index contributed by atoms with van der Waals surface area (Å²) >= 11 is 0. The van der Waals surface area contributed by atoms with Crippen LogP contribution in [0.5, 0.6) is 0 Å². The summed E-state index contributed by atoms with van der Waals surface area (Å²) < 4.78 is 31.0. The molecule has 0 spiro atoms. The van der Waals surface area contributed by atoms with Crippen molar-refractivity contribution in [3.05, 3.63) is 70.8 Å². The first kappa shape index (κ1) is 70.3. The highest BCUT2D eigenvalue weighted by atomic mass is 35.5. The third-order valence-corrected chi connectivity index (χ3v) is 13.2. The van der Waals surface area contributed by atoms with Crippen LogP contribution in [-0.2, 0) is 50.6 Å². The molecule has 0 bridgehead atoms. The number of amides is 4. The summed E-state index contributed by atoms with van der Waals surface area (Å²) in [7, 11) is 6.97. The Morgan fingerprint density at radius 1 is 0.494 bits per heavy atom. The van der Waals surface area contributed by atoms with Crippen molar-refractivity contribution in [2.24, 2.45) is 0 Å². The minimum absolute atomic E-state index is 0. The van der Waals surface area contributed by atoms with Crippen LogP contribution in [0.1, 0.15) is 155 Å². The molecule has 0 radical (unpaired) electrons. The zero-order chi connectivity index (χ0) is 56.8. The number of unbranched alkanes of at least 4 members (excludes halogenated alkanes) is 8. The van der Waals surface area contributed by atoms with Gasteiger partial charge in [0, 0.05) is 33.0 Å². The van der Waals surface area contributed by atoms with Gasteiger partial charge in [0.1, 0.15) is 38.6 Å². The van der Waals surface area contributed by atoms with Crippen LogP contribution in [0.25, 0.3) is 0 Å². The zero-order valence-corrected chi connectivity index (χ0v) is 49.4. The largest absolute Gasteiger partial charge is 0.447 e. The Bertz CT molecular complexity index is 1900. The number of halogens is 1. The fourth-order valence-electron chi connectivity index (χ4n) is 8.46. The molecule has 0 aliphatic heterocycles. The lowest BCUT2D eigenvalue weighted by Gasteiger charge is -2.31. The van der Waals surface area contributed by atoms with Gasteiger partial charge in [-0.25, -0.2) is 19.2 Å². The van der Waals surface area contributed by atoms with E-state index in [4.69, 9.17) is 33.8 Å². The molecule has 2 aromatic rings. The first-order valence-electron chi connectivity index (χ1n) is 27.1. The minimum Gasteiger partial charge on any atom is -0.447 e. The first-order chi connectivity index (χ1) is 35.8. The van der Waals surface area contributed by atoms with E-state index in [1.165, 1.54) is 14.2 Å². The van der Waals surface area contributed by atoms with Gasteiger partial charge in [-0.3, -0.25) is 0 Å². The van der Waals surface area contributed by atoms with Crippen molar-refractivity contribution >= 4 is 42.5 Å². The number of methoxy groups -OCH3 is 2. The van der Waals surface area contributed by atoms with Crippen LogP contribution in [0.3, 0.4) is 0 Å². The van der Waals surface area contributed by atoms with Crippen LogP contribution < -0.4 is 21.3 Å². The molecule has 4 amide bonds. The summed E-state index contributed by atoms with van der Waals surface area (Å²) in [5, 5.41) is 41.2. The van der Waals surface area contributed by atoms with Gasteiger partial charge in [0.15, 0.2) is 0 Å². The Hall–Kier alpha value is -4.76. The lowest BCUT2D eigenvalue weighted by atomic mass is 9.87. The molecular formula is C57H98ClN7O12. The van der Waals surface area contributed by atoms with Crippen LogP contribution in [0.4, 0.5) is 19.2 Å². The van der Waals surface area contributed by atoms with E-state index in [1.807, 2.05) is 128 Å². The monoisotopic (exact) mass is 1110 g/mol. The third-order valence-electron chi connectivity index (χ3n) is 13.2. The van der Waals surface area contributed by atoms with Crippen LogP contribution in [0, 0.1) is 5.41 Å². The van der Waals surface area contributed by atoms with Crippen molar-refractivity contribution in [1.29, 1.82) is 5.41 Å². The average molecular weight is 1110 g/mol. The van der Waals surface area contributed by atoms with E-state index in [0.29, 0.717) is 26.3 Å². The summed E-state index contributed by atoms with van der Waals surface area (Å²) in [5.41, 5.74) is 1.01. The standard InChI is InChI=1S/C57H97N7O12.ClH/c1-54(2,59-50(67)73-35-33-71-11)43-25-23-27-45(37-43)56(5,6)61-52(69)75-41-48(65)39-63(9)31-21-17-13-15-19-29-47(58)30-20-16-14-18-22-32-64(10)40-49(66)42-76-53(70)62-57(7,8)46-28-24-26-44(38-46)55(3,4)60-51(68)74-36-34-72-12;/h23-28,37-38,48-49,58,65-66H,13-22,29-36,39-42H2,1-12H3,(H,59,67)(H,60,68)(H,61,69)(H,62,70);1H. The van der Waals surface area contributed by atoms with Gasteiger partial charge in [-0.15, -0.1) is 12.4 Å². The van der Waals surface area contributed by atoms with Gasteiger partial charge >= 0.3 is 24.4 Å². The Morgan fingerprint density at radius 3 is 1.09 bits per heavy atom. The number of aliphatic hydroxyl groups is 2. The van der Waals surface area contributed by atoms with Crippen LogP contribution in [0.2, 0.25) is 0 Å². The quantitative estimate of drug-likeness (QED) is 0.0188. The second kappa shape index (κ2) is 36.4. The summed E-state index contributed by atoms with van der Waals surface area (Å²) in [5.74, 6) is 0. The number of carbonyl (C=O) groups excluding carboxylic acids is 4. The lowest BCUT2D eigenvalue weighted by Crippen LogP contribution is -2.44. The fourth-order valence-corrected chi connectivity index (χ4v) is 8.46. The fraction of sp³-hybridized carbons (Fsp3) is 0.702. The van der Waals surface area contributed by atoms with Crippen molar-refractivity contribution in [1.82, 2.24) is 31.1 Å². The van der Waals surface area contributed by atoms with Gasteiger partial charge < -0.3 is 75.1 Å². The highest BCUT2D eigenvalue weighted by Gasteiger charge is 2.31. The van der Waals surface area contributed by atoms with Gasteiger partial charge in [0.25, 0.3) is 0 Å². The molecule has 2 aromatic carbocycles. The molecule has 440 valence electrons. The number of alkyl carbamates (subject to hydrolysis) is 4. The molecule has 2 unspecified atom stereocenters. The highest BCUT2D eigenvalue weighted by Crippen LogP contribution is 2.29. The van der Waals surface area contributed by atoms with E-state index in [9.17, 15) is 29.4 Å². The number of benzene rings is 2. The number of hydrogen-bond donors (Lipinski definition) is 7. The summed E-state index contributed by atoms with van der Waals surface area (Å²) in [4.78, 5) is 54.3. The number of rotatable bonds is 38. The number of hydrogen-bond acceptors (Lipinski definition) is 15. The predicted octanol–water partition coefficient (Wildman–Crippen LogP) is 9.23. The molecular weight excluding hydrogens is 1010 g/mol. The van der Waals surface area contributed by atoms with Crippen LogP contribution in [0.15, 0.2) is 48.5 Å². The summed E-state index contributed by atoms with van der Waals surface area (Å²) in [6, 6.07) is 15.2. The first-order valence-corrected chi connectivity index (χ1v) is 27.1. The second-order valence-electron chi connectivity index (χ2n) is 22.1. The molecule has 2 rings (SSSR count). The smallest absolute Gasteiger partial charge is 0.407 e. The van der Waals surface area contributed by atoms with Crippen molar-refractivity contribution in [3.63, 3.8) is 0 Å². The average Bonchev–Trinajstić information content (AvgIpc) is 3.34. The van der Waals surface area contributed by atoms with Crippen LogP contribution >= 0.6 is 12.4 Å². The highest BCUT2D eigenvalue weighted by molar-refractivity contribution is 5.85. The zero-order valence-electron chi connectivity index (χ0n) is 48.6. The summed E-state index contributed by atoms with van der Waals surface area (Å²) in [6.07, 6.45) is 8.17. The van der Waals surface area contributed by atoms with Gasteiger partial charge in [0.05, 0.1) is 35.4 Å². The maximum absolute atomic E-state index is 12.8. The molecule has 7 N–H and O–H groups in total. The number of nitrogens with zero attached hydrogens (tertiary/aromatic N) is 2. The molecule has 0 saturated heterocycles. The molecule has 77 heavy (non-hydrogen) atoms. The molecule has 0 heterocycles. The van der Waals surface area contributed by atoms with Gasteiger partial charge in [-0.05, 0) is 143 Å². The SMILES string of the molecule is COCCOC(=O)NC(C)(C)c1cccc(C(C)(C)NC(=O)OCC(O)CN(C)CCCCCCCC(=N)CCCCCCCN(C)CC(O)COC(=O)NC(C)(C)c2cccc(C(C)(C)NC(=O)OCCOC)c2)c1.Cl. The molecule has 20 heteroatoms. The van der Waals surface area contributed by atoms with Gasteiger partial charge in [-0.1, -0.05) is 87.1 Å². The Kier molecular flexibility index (Phi) is 33.2. The van der Waals surface area contributed by atoms with Crippen molar-refractivity contribution in [2.45, 2.75) is 167 Å². The van der Waals surface area contributed by atoms with E-state index in [1.54, 1.807) is 0 Å². The normalized spacial score (nSPS) is 12.8. The van der Waals surface area contributed by atoms with E-state index in [2.05, 4.69) is 21.3 Å². The Balaban J connectivity index is 0.0000296. The van der Waals surface area contributed by atoms with E-state index in [0.717, 1.165) is 118 Å². The molecule has 0 fully saturated rings. The molecule has 0 saturated carbocycles. The topological polar surface area (TPSA) is 243 Å². The van der Waals surface area contributed by atoms with Crippen molar-refractivity contribution < 1.29 is 57.8 Å². The number of aliphatic hydroxyl groups excluding tert-OH is 2. The van der Waals surface area contributed by atoms with Gasteiger partial charge in [-0.2, -0.15) is 0 Å². The minimum atomic E-state index is -0.833. The Labute approximate surface area is 466 Å². The number of nitrogens with one attached hydrogen (secondary N) is 5. The van der Waals surface area contributed by atoms with Gasteiger partial charge in [0.2, 0.25) is 0 Å². The maximum atomic E-state index is 12.8. The maximum Gasteiger partial charge on any atom is 0.407 e. The van der Waals surface area contributed by atoms with Crippen LogP contribution in [-0.4, -0.2) is 156 Å². The molecule has 19 nitrogen and oxygen atoms in total. The number of likely N-dealkylation sites (N-methyl/N-ethyl adjacent to an activating group) is 2. The van der Waals surface area contributed by atoms with Crippen molar-refractivity contribution in [2.75, 3.05) is 94.1 Å². The number of ether oxygens (including phenoxy) is 6. The van der Waals surface area contributed by atoms with E-state index in [-0.39, 0.29) is 38.8 Å². The van der Waals surface area contributed by atoms with E-state index >= 15 is 0 Å². The second-order valence-corrected chi connectivity index (χ2v) is 22.1. The molecule has 0 aliphatic carbocycles. The molecule has 0 aliphatic rings. The Morgan fingerprint density at radius 2 is 0.779 bits per heavy atom. The number of carbonyl (C=O) groups is 4. The van der Waals surface area contributed by atoms with E-state index < -0.39 is 58.7 Å². The predicted molar refractivity (Wildman–Crippen MR) is 304 cm³/mol. The lowest BCUT2D eigenvalue weighted by molar-refractivity contribution is 0.0457. The third kappa shape index (κ3) is 29.7. The molecule has 0 aromatic heterocycles. The van der Waals surface area contributed by atoms with Crippen molar-refractivity contribution in [3.8, 4) is 0 Å².